The largest absolute Gasteiger partial charge is 0.465 e. The second kappa shape index (κ2) is 8.20. The van der Waals surface area contributed by atoms with Crippen LogP contribution in [0.15, 0.2) is 48.7 Å². The molecule has 1 saturated carbocycles. The van der Waals surface area contributed by atoms with Crippen LogP contribution in [0.4, 0.5) is 18.0 Å². The summed E-state index contributed by atoms with van der Waals surface area (Å²) in [7, 11) is 0. The number of rotatable bonds is 5. The van der Waals surface area contributed by atoms with E-state index in [0.717, 1.165) is 4.90 Å². The summed E-state index contributed by atoms with van der Waals surface area (Å²) in [6.45, 7) is -0.345. The number of carboxylic acid groups (broad SMARTS) is 1. The maximum atomic E-state index is 13.8. The van der Waals surface area contributed by atoms with Crippen LogP contribution in [-0.2, 0) is 4.79 Å². The van der Waals surface area contributed by atoms with Crippen LogP contribution < -0.4 is 5.32 Å². The standard InChI is InChI=1S/C22H22F3N3O3/c23-16-8-18(28(12-16)21(30)31)20(29)27-19(13-4-2-1-3-5-13)17-7-6-14(11-26-17)15-9-22(24,25)10-15/h1-7,11,15-16,18-19H,8-10,12H2,(H,27,29)(H,30,31). The first-order valence-corrected chi connectivity index (χ1v) is 10.1. The highest BCUT2D eigenvalue weighted by atomic mass is 19.3. The average Bonchev–Trinajstić information content (AvgIpc) is 3.13. The first kappa shape index (κ1) is 21.1. The molecule has 1 aliphatic heterocycles. The molecule has 3 unspecified atom stereocenters. The van der Waals surface area contributed by atoms with Gasteiger partial charge in [-0.25, -0.2) is 18.0 Å². The van der Waals surface area contributed by atoms with Gasteiger partial charge in [0.2, 0.25) is 11.8 Å². The molecule has 164 valence electrons. The van der Waals surface area contributed by atoms with Gasteiger partial charge >= 0.3 is 6.09 Å². The van der Waals surface area contributed by atoms with Gasteiger partial charge in [0.15, 0.2) is 0 Å². The summed E-state index contributed by atoms with van der Waals surface area (Å²) >= 11 is 0. The molecule has 2 N–H and O–H groups in total. The molecule has 4 rings (SSSR count). The second-order valence-electron chi connectivity index (χ2n) is 8.11. The van der Waals surface area contributed by atoms with Gasteiger partial charge in [-0.05, 0) is 23.1 Å². The number of hydrogen-bond acceptors (Lipinski definition) is 3. The number of pyridine rings is 1. The number of benzene rings is 1. The number of halogens is 3. The minimum atomic E-state index is -2.63. The number of likely N-dealkylation sites (tertiary alicyclic amines) is 1. The Labute approximate surface area is 177 Å². The zero-order valence-corrected chi connectivity index (χ0v) is 16.5. The predicted octanol–water partition coefficient (Wildman–Crippen LogP) is 3.89. The third-order valence-electron chi connectivity index (χ3n) is 5.88. The monoisotopic (exact) mass is 433 g/mol. The zero-order chi connectivity index (χ0) is 22.2. The van der Waals surface area contributed by atoms with Crippen LogP contribution in [0.2, 0.25) is 0 Å². The van der Waals surface area contributed by atoms with E-state index in [1.54, 1.807) is 36.4 Å². The molecule has 3 atom stereocenters. The summed E-state index contributed by atoms with van der Waals surface area (Å²) in [5.41, 5.74) is 1.90. The van der Waals surface area contributed by atoms with Gasteiger partial charge < -0.3 is 10.4 Å². The van der Waals surface area contributed by atoms with Crippen LogP contribution in [0, 0.1) is 0 Å². The van der Waals surface area contributed by atoms with Crippen molar-refractivity contribution in [2.45, 2.75) is 49.4 Å². The Balaban J connectivity index is 1.56. The number of carbonyl (C=O) groups excluding carboxylic acids is 1. The zero-order valence-electron chi connectivity index (χ0n) is 16.5. The lowest BCUT2D eigenvalue weighted by atomic mass is 9.77. The van der Waals surface area contributed by atoms with Crippen molar-refractivity contribution in [1.82, 2.24) is 15.2 Å². The van der Waals surface area contributed by atoms with Crippen molar-refractivity contribution in [2.24, 2.45) is 0 Å². The molecule has 6 nitrogen and oxygen atoms in total. The van der Waals surface area contributed by atoms with Crippen LogP contribution >= 0.6 is 0 Å². The maximum absolute atomic E-state index is 13.8. The van der Waals surface area contributed by atoms with Crippen molar-refractivity contribution in [3.63, 3.8) is 0 Å². The van der Waals surface area contributed by atoms with E-state index in [0.29, 0.717) is 16.8 Å². The number of aromatic nitrogens is 1. The van der Waals surface area contributed by atoms with Crippen LogP contribution in [0.5, 0.6) is 0 Å². The molecule has 9 heteroatoms. The fraction of sp³-hybridized carbons (Fsp3) is 0.409. The van der Waals surface area contributed by atoms with Crippen molar-refractivity contribution < 1.29 is 27.9 Å². The molecule has 2 aromatic rings. The minimum Gasteiger partial charge on any atom is -0.465 e. The molecule has 0 spiro atoms. The predicted molar refractivity (Wildman–Crippen MR) is 106 cm³/mol. The van der Waals surface area contributed by atoms with Gasteiger partial charge in [0.25, 0.3) is 0 Å². The lowest BCUT2D eigenvalue weighted by Crippen LogP contribution is -2.46. The van der Waals surface area contributed by atoms with Crippen molar-refractivity contribution >= 4 is 12.0 Å². The average molecular weight is 433 g/mol. The van der Waals surface area contributed by atoms with Gasteiger partial charge in [-0.1, -0.05) is 36.4 Å². The van der Waals surface area contributed by atoms with Crippen LogP contribution in [0.3, 0.4) is 0 Å². The van der Waals surface area contributed by atoms with Crippen molar-refractivity contribution in [1.29, 1.82) is 0 Å². The first-order valence-electron chi connectivity index (χ1n) is 10.1. The Bertz CT molecular complexity index is 947. The second-order valence-corrected chi connectivity index (χ2v) is 8.11. The van der Waals surface area contributed by atoms with Gasteiger partial charge in [0.05, 0.1) is 18.3 Å². The number of nitrogens with one attached hydrogen (secondary N) is 1. The van der Waals surface area contributed by atoms with Crippen LogP contribution in [-0.4, -0.2) is 51.7 Å². The van der Waals surface area contributed by atoms with Gasteiger partial charge in [0.1, 0.15) is 12.2 Å². The van der Waals surface area contributed by atoms with Crippen LogP contribution in [0.1, 0.15) is 48.0 Å². The number of amides is 2. The number of nitrogens with zero attached hydrogens (tertiary/aromatic N) is 2. The van der Waals surface area contributed by atoms with E-state index >= 15 is 0 Å². The summed E-state index contributed by atoms with van der Waals surface area (Å²) in [5.74, 6) is -3.48. The molecule has 1 aliphatic carbocycles. The smallest absolute Gasteiger partial charge is 0.408 e. The highest BCUT2D eigenvalue weighted by molar-refractivity contribution is 5.86. The number of alkyl halides is 3. The molecular weight excluding hydrogens is 411 g/mol. The molecular formula is C22H22F3N3O3. The highest BCUT2D eigenvalue weighted by Crippen LogP contribution is 2.48. The van der Waals surface area contributed by atoms with Crippen molar-refractivity contribution in [3.8, 4) is 0 Å². The van der Waals surface area contributed by atoms with E-state index in [1.807, 2.05) is 6.07 Å². The molecule has 1 aromatic heterocycles. The molecule has 2 heterocycles. The summed E-state index contributed by atoms with van der Waals surface area (Å²) in [6.07, 6.45) is -1.83. The summed E-state index contributed by atoms with van der Waals surface area (Å²) in [5, 5.41) is 12.1. The lowest BCUT2D eigenvalue weighted by molar-refractivity contribution is -0.125. The van der Waals surface area contributed by atoms with Crippen molar-refractivity contribution in [3.05, 3.63) is 65.5 Å². The third kappa shape index (κ3) is 4.50. The van der Waals surface area contributed by atoms with Gasteiger partial charge in [0, 0.05) is 25.5 Å². The minimum absolute atomic E-state index is 0.204. The van der Waals surface area contributed by atoms with Gasteiger partial charge in [-0.2, -0.15) is 0 Å². The van der Waals surface area contributed by atoms with E-state index in [1.165, 1.54) is 6.20 Å². The summed E-state index contributed by atoms with van der Waals surface area (Å²) in [6, 6.07) is 10.5. The fourth-order valence-electron chi connectivity index (χ4n) is 4.18. The van der Waals surface area contributed by atoms with E-state index < -0.39 is 36.2 Å². The molecule has 1 aromatic carbocycles. The SMILES string of the molecule is O=C(NC(c1ccccc1)c1ccc(C2CC(F)(F)C2)cn1)C1CC(F)CN1C(=O)O. The highest BCUT2D eigenvalue weighted by Gasteiger charge is 2.46. The van der Waals surface area contributed by atoms with E-state index in [-0.39, 0.29) is 31.7 Å². The fourth-order valence-corrected chi connectivity index (χ4v) is 4.18. The van der Waals surface area contributed by atoms with E-state index in [9.17, 15) is 27.9 Å². The molecule has 1 saturated heterocycles. The van der Waals surface area contributed by atoms with Gasteiger partial charge in [-0.15, -0.1) is 0 Å². The maximum Gasteiger partial charge on any atom is 0.408 e. The van der Waals surface area contributed by atoms with Crippen LogP contribution in [0.25, 0.3) is 0 Å². The van der Waals surface area contributed by atoms with Crippen molar-refractivity contribution in [2.75, 3.05) is 6.54 Å². The number of hydrogen-bond donors (Lipinski definition) is 2. The Morgan fingerprint density at radius 3 is 2.45 bits per heavy atom. The molecule has 2 amide bonds. The molecule has 2 aliphatic rings. The normalized spacial score (nSPS) is 23.8. The Morgan fingerprint density at radius 1 is 1.16 bits per heavy atom. The Morgan fingerprint density at radius 2 is 1.87 bits per heavy atom. The summed E-state index contributed by atoms with van der Waals surface area (Å²) in [4.78, 5) is 29.4. The third-order valence-corrected chi connectivity index (χ3v) is 5.88. The molecule has 0 radical (unpaired) electrons. The van der Waals surface area contributed by atoms with E-state index in [2.05, 4.69) is 10.3 Å². The van der Waals surface area contributed by atoms with E-state index in [4.69, 9.17) is 0 Å². The topological polar surface area (TPSA) is 82.5 Å². The summed E-state index contributed by atoms with van der Waals surface area (Å²) < 4.78 is 40.1. The Hall–Kier alpha value is -3.10. The quantitative estimate of drug-likeness (QED) is 0.750. The lowest BCUT2D eigenvalue weighted by Gasteiger charge is -2.35. The molecule has 2 fully saturated rings. The molecule has 31 heavy (non-hydrogen) atoms. The first-order chi connectivity index (χ1) is 14.7. The van der Waals surface area contributed by atoms with Gasteiger partial charge in [-0.3, -0.25) is 14.7 Å². The Kier molecular flexibility index (Phi) is 5.60. The number of carbonyl (C=O) groups is 2. The molecule has 0 bridgehead atoms.